The van der Waals surface area contributed by atoms with Gasteiger partial charge in [0.1, 0.15) is 11.3 Å². The minimum Gasteiger partial charge on any atom is -0.330 e. The van der Waals surface area contributed by atoms with Crippen molar-refractivity contribution in [1.29, 1.82) is 0 Å². The van der Waals surface area contributed by atoms with Crippen molar-refractivity contribution in [3.8, 4) is 0 Å². The molecule has 0 fully saturated rings. The van der Waals surface area contributed by atoms with Gasteiger partial charge in [0.25, 0.3) is 0 Å². The summed E-state index contributed by atoms with van der Waals surface area (Å²) in [7, 11) is 1.84. The molecule has 2 nitrogen and oxygen atoms in total. The smallest absolute Gasteiger partial charge is 0.151 e. The number of para-hydroxylation sites is 1. The molecule has 0 spiro atoms. The molecular formula is C10H10ClFN2. The van der Waals surface area contributed by atoms with Gasteiger partial charge in [-0.3, -0.25) is 0 Å². The number of aromatic nitrogens is 2. The summed E-state index contributed by atoms with van der Waals surface area (Å²) in [5, 5.41) is -0.216. The third-order valence-corrected chi connectivity index (χ3v) is 2.45. The average Bonchev–Trinajstić information content (AvgIpc) is 2.46. The molecule has 1 aromatic heterocycles. The molecule has 2 rings (SSSR count). The van der Waals surface area contributed by atoms with Crippen LogP contribution in [-0.2, 0) is 7.05 Å². The molecule has 0 bridgehead atoms. The topological polar surface area (TPSA) is 17.8 Å². The van der Waals surface area contributed by atoms with Gasteiger partial charge in [-0.15, -0.1) is 11.6 Å². The van der Waals surface area contributed by atoms with Crippen molar-refractivity contribution < 1.29 is 4.39 Å². The van der Waals surface area contributed by atoms with E-state index in [-0.39, 0.29) is 11.2 Å². The van der Waals surface area contributed by atoms with E-state index in [0.29, 0.717) is 11.3 Å². The Balaban J connectivity index is 2.80. The Morgan fingerprint density at radius 2 is 2.21 bits per heavy atom. The number of hydrogen-bond donors (Lipinski definition) is 0. The fourth-order valence-corrected chi connectivity index (χ4v) is 1.75. The van der Waals surface area contributed by atoms with Crippen LogP contribution >= 0.6 is 11.6 Å². The highest BCUT2D eigenvalue weighted by atomic mass is 35.5. The summed E-state index contributed by atoms with van der Waals surface area (Å²) >= 11 is 5.93. The highest BCUT2D eigenvalue weighted by molar-refractivity contribution is 6.20. The maximum absolute atomic E-state index is 13.3. The number of fused-ring (bicyclic) bond motifs is 1. The molecule has 0 aliphatic heterocycles. The summed E-state index contributed by atoms with van der Waals surface area (Å²) in [6.45, 7) is 1.82. The van der Waals surface area contributed by atoms with Gasteiger partial charge in [-0.2, -0.15) is 0 Å². The number of alkyl halides is 1. The lowest BCUT2D eigenvalue weighted by Crippen LogP contribution is -1.97. The monoisotopic (exact) mass is 212 g/mol. The Morgan fingerprint density at radius 3 is 2.79 bits per heavy atom. The van der Waals surface area contributed by atoms with E-state index in [1.54, 1.807) is 6.07 Å². The molecule has 1 atom stereocenters. The molecule has 0 amide bonds. The van der Waals surface area contributed by atoms with E-state index in [4.69, 9.17) is 11.6 Å². The summed E-state index contributed by atoms with van der Waals surface area (Å²) in [6, 6.07) is 4.90. The third-order valence-electron chi connectivity index (χ3n) is 2.25. The van der Waals surface area contributed by atoms with Crippen LogP contribution in [0.15, 0.2) is 18.2 Å². The van der Waals surface area contributed by atoms with Crippen molar-refractivity contribution in [2.45, 2.75) is 12.3 Å². The van der Waals surface area contributed by atoms with Crippen molar-refractivity contribution in [2.75, 3.05) is 0 Å². The first kappa shape index (κ1) is 9.46. The van der Waals surface area contributed by atoms with E-state index >= 15 is 0 Å². The Morgan fingerprint density at radius 1 is 1.50 bits per heavy atom. The number of aryl methyl sites for hydroxylation is 1. The number of nitrogens with zero attached hydrogens (tertiary/aromatic N) is 2. The maximum Gasteiger partial charge on any atom is 0.151 e. The lowest BCUT2D eigenvalue weighted by Gasteiger charge is -2.02. The molecular weight excluding hydrogens is 203 g/mol. The molecule has 0 saturated heterocycles. The zero-order valence-electron chi connectivity index (χ0n) is 7.96. The first-order chi connectivity index (χ1) is 6.61. The lowest BCUT2D eigenvalue weighted by atomic mass is 10.3. The normalized spacial score (nSPS) is 13.4. The predicted molar refractivity (Wildman–Crippen MR) is 54.9 cm³/mol. The zero-order chi connectivity index (χ0) is 10.3. The highest BCUT2D eigenvalue weighted by Gasteiger charge is 2.13. The molecule has 74 valence electrons. The number of hydrogen-bond acceptors (Lipinski definition) is 1. The number of rotatable bonds is 1. The summed E-state index contributed by atoms with van der Waals surface area (Å²) in [5.74, 6) is 0.383. The summed E-state index contributed by atoms with van der Waals surface area (Å²) in [5.41, 5.74) is 1.16. The van der Waals surface area contributed by atoms with Crippen LogP contribution in [0, 0.1) is 5.82 Å². The van der Waals surface area contributed by atoms with Crippen molar-refractivity contribution in [1.82, 2.24) is 9.55 Å². The number of halogens is 2. The summed E-state index contributed by atoms with van der Waals surface area (Å²) in [4.78, 5) is 4.17. The van der Waals surface area contributed by atoms with Gasteiger partial charge in [0.2, 0.25) is 0 Å². The molecule has 1 aromatic carbocycles. The van der Waals surface area contributed by atoms with E-state index in [1.807, 2.05) is 24.6 Å². The Labute approximate surface area is 86.3 Å². The highest BCUT2D eigenvalue weighted by Crippen LogP contribution is 2.24. The lowest BCUT2D eigenvalue weighted by molar-refractivity contribution is 0.637. The van der Waals surface area contributed by atoms with E-state index in [9.17, 15) is 4.39 Å². The van der Waals surface area contributed by atoms with Gasteiger partial charge in [-0.1, -0.05) is 6.07 Å². The van der Waals surface area contributed by atoms with E-state index in [1.165, 1.54) is 6.07 Å². The maximum atomic E-state index is 13.3. The van der Waals surface area contributed by atoms with Crippen molar-refractivity contribution in [3.05, 3.63) is 29.8 Å². The van der Waals surface area contributed by atoms with Gasteiger partial charge in [0, 0.05) is 7.05 Å². The standard InChI is InChI=1S/C10H10ClFN2/c1-6(11)10-13-9-7(12)4-3-5-8(9)14(10)2/h3-6H,1-2H3. The van der Waals surface area contributed by atoms with E-state index < -0.39 is 0 Å². The van der Waals surface area contributed by atoms with E-state index in [0.717, 1.165) is 5.52 Å². The number of benzene rings is 1. The predicted octanol–water partition coefficient (Wildman–Crippen LogP) is 3.01. The average molecular weight is 213 g/mol. The minimum absolute atomic E-state index is 0.216. The Kier molecular flexibility index (Phi) is 2.19. The van der Waals surface area contributed by atoms with Gasteiger partial charge in [0.15, 0.2) is 5.82 Å². The fourth-order valence-electron chi connectivity index (χ4n) is 1.55. The van der Waals surface area contributed by atoms with Gasteiger partial charge in [0.05, 0.1) is 10.9 Å². The molecule has 0 aliphatic rings. The summed E-state index contributed by atoms with van der Waals surface area (Å²) < 4.78 is 15.1. The third kappa shape index (κ3) is 1.28. The minimum atomic E-state index is -0.304. The Hall–Kier alpha value is -1.09. The van der Waals surface area contributed by atoms with Crippen molar-refractivity contribution >= 4 is 22.6 Å². The second-order valence-electron chi connectivity index (χ2n) is 3.25. The first-order valence-electron chi connectivity index (χ1n) is 4.36. The molecule has 1 unspecified atom stereocenters. The van der Waals surface area contributed by atoms with Crippen LogP contribution in [0.2, 0.25) is 0 Å². The quantitative estimate of drug-likeness (QED) is 0.665. The Bertz CT molecular complexity index is 476. The van der Waals surface area contributed by atoms with Crippen LogP contribution in [0.3, 0.4) is 0 Å². The second-order valence-corrected chi connectivity index (χ2v) is 3.91. The molecule has 14 heavy (non-hydrogen) atoms. The van der Waals surface area contributed by atoms with Crippen molar-refractivity contribution in [2.24, 2.45) is 7.05 Å². The van der Waals surface area contributed by atoms with Gasteiger partial charge < -0.3 is 4.57 Å². The molecule has 0 radical (unpaired) electrons. The number of imidazole rings is 1. The van der Waals surface area contributed by atoms with Crippen LogP contribution in [0.25, 0.3) is 11.0 Å². The molecule has 0 N–H and O–H groups in total. The van der Waals surface area contributed by atoms with Crippen LogP contribution in [0.4, 0.5) is 4.39 Å². The van der Waals surface area contributed by atoms with Gasteiger partial charge >= 0.3 is 0 Å². The van der Waals surface area contributed by atoms with Crippen molar-refractivity contribution in [3.63, 3.8) is 0 Å². The van der Waals surface area contributed by atoms with Crippen LogP contribution < -0.4 is 0 Å². The van der Waals surface area contributed by atoms with E-state index in [2.05, 4.69) is 4.98 Å². The second kappa shape index (κ2) is 3.24. The molecule has 1 heterocycles. The van der Waals surface area contributed by atoms with Crippen LogP contribution in [0.5, 0.6) is 0 Å². The molecule has 0 aliphatic carbocycles. The summed E-state index contributed by atoms with van der Waals surface area (Å²) in [6.07, 6.45) is 0. The zero-order valence-corrected chi connectivity index (χ0v) is 8.72. The van der Waals surface area contributed by atoms with Gasteiger partial charge in [-0.25, -0.2) is 9.37 Å². The molecule has 4 heteroatoms. The molecule has 0 saturated carbocycles. The SMILES string of the molecule is CC(Cl)c1nc2c(F)cccc2n1C. The first-order valence-corrected chi connectivity index (χ1v) is 4.80. The largest absolute Gasteiger partial charge is 0.330 e. The fraction of sp³-hybridized carbons (Fsp3) is 0.300. The van der Waals surface area contributed by atoms with Crippen LogP contribution in [-0.4, -0.2) is 9.55 Å². The van der Waals surface area contributed by atoms with Gasteiger partial charge in [-0.05, 0) is 19.1 Å². The van der Waals surface area contributed by atoms with Crippen LogP contribution in [0.1, 0.15) is 18.1 Å². The molecule has 2 aromatic rings.